The van der Waals surface area contributed by atoms with Gasteiger partial charge in [0, 0.05) is 27.0 Å². The Hall–Kier alpha value is -2.51. The molecule has 2 N–H and O–H groups in total. The summed E-state index contributed by atoms with van der Waals surface area (Å²) in [5.74, 6) is 0.243. The van der Waals surface area contributed by atoms with Gasteiger partial charge in [-0.15, -0.1) is 11.3 Å². The van der Waals surface area contributed by atoms with Crippen LogP contribution in [-0.4, -0.2) is 14.8 Å². The number of hydrogen-bond acceptors (Lipinski definition) is 4. The summed E-state index contributed by atoms with van der Waals surface area (Å²) in [7, 11) is 0. The van der Waals surface area contributed by atoms with E-state index in [4.69, 9.17) is 5.73 Å². The predicted molar refractivity (Wildman–Crippen MR) is 102 cm³/mol. The summed E-state index contributed by atoms with van der Waals surface area (Å²) >= 11 is 4.86. The molecule has 0 atom stereocenters. The van der Waals surface area contributed by atoms with Crippen LogP contribution in [0.15, 0.2) is 64.5 Å². The zero-order chi connectivity index (χ0) is 17.4. The first kappa shape index (κ1) is 16.0. The number of hydrogen-bond donors (Lipinski definition) is 1. The summed E-state index contributed by atoms with van der Waals surface area (Å²) in [5.41, 5.74) is 9.49. The van der Waals surface area contributed by atoms with E-state index in [1.165, 1.54) is 23.5 Å². The summed E-state index contributed by atoms with van der Waals surface area (Å²) in [6, 6.07) is 15.9. The quantitative estimate of drug-likeness (QED) is 0.504. The van der Waals surface area contributed by atoms with Crippen LogP contribution in [0.1, 0.15) is 0 Å². The largest absolute Gasteiger partial charge is 0.383 e. The third-order valence-electron chi connectivity index (χ3n) is 3.69. The highest BCUT2D eigenvalue weighted by Gasteiger charge is 2.13. The number of thiazole rings is 1. The highest BCUT2D eigenvalue weighted by atomic mass is 79.9. The molecule has 124 valence electrons. The van der Waals surface area contributed by atoms with Gasteiger partial charge in [-0.1, -0.05) is 28.1 Å². The van der Waals surface area contributed by atoms with Crippen LogP contribution in [0.25, 0.3) is 27.6 Å². The van der Waals surface area contributed by atoms with Gasteiger partial charge in [-0.05, 0) is 36.4 Å². The van der Waals surface area contributed by atoms with E-state index in [1.54, 1.807) is 16.8 Å². The minimum absolute atomic E-state index is 0.269. The van der Waals surface area contributed by atoms with Crippen LogP contribution in [0.4, 0.5) is 10.2 Å². The minimum Gasteiger partial charge on any atom is -0.383 e. The van der Waals surface area contributed by atoms with Crippen LogP contribution < -0.4 is 5.73 Å². The second kappa shape index (κ2) is 6.42. The second-order valence-electron chi connectivity index (χ2n) is 5.40. The second-order valence-corrected chi connectivity index (χ2v) is 7.15. The molecular formula is C18H12BrFN4S. The Labute approximate surface area is 155 Å². The first-order chi connectivity index (χ1) is 12.1. The Kier molecular flexibility index (Phi) is 4.10. The van der Waals surface area contributed by atoms with Crippen molar-refractivity contribution in [2.45, 2.75) is 0 Å². The van der Waals surface area contributed by atoms with E-state index in [1.807, 2.05) is 35.7 Å². The Morgan fingerprint density at radius 3 is 2.32 bits per heavy atom. The van der Waals surface area contributed by atoms with Gasteiger partial charge in [-0.3, -0.25) is 0 Å². The van der Waals surface area contributed by atoms with E-state index in [0.29, 0.717) is 10.9 Å². The van der Waals surface area contributed by atoms with Crippen molar-refractivity contribution in [2.75, 3.05) is 5.73 Å². The van der Waals surface area contributed by atoms with Gasteiger partial charge in [0.05, 0.1) is 11.4 Å². The van der Waals surface area contributed by atoms with E-state index in [0.717, 1.165) is 27.0 Å². The standard InChI is InChI=1S/C18H12BrFN4S/c19-13-5-1-11(2-6-13)15-9-17(21)24(23-15)18-22-16(10-25-18)12-3-7-14(20)8-4-12/h1-10H,21H2. The molecule has 0 fully saturated rings. The van der Waals surface area contributed by atoms with Gasteiger partial charge < -0.3 is 5.73 Å². The monoisotopic (exact) mass is 414 g/mol. The molecule has 4 aromatic rings. The molecule has 2 aromatic carbocycles. The molecule has 0 bridgehead atoms. The SMILES string of the molecule is Nc1cc(-c2ccc(Br)cc2)nn1-c1nc(-c2ccc(F)cc2)cs1. The average molecular weight is 415 g/mol. The highest BCUT2D eigenvalue weighted by Crippen LogP contribution is 2.28. The number of nitrogens with zero attached hydrogens (tertiary/aromatic N) is 3. The lowest BCUT2D eigenvalue weighted by molar-refractivity contribution is 0.628. The van der Waals surface area contributed by atoms with Crippen LogP contribution in [0.3, 0.4) is 0 Å². The fraction of sp³-hybridized carbons (Fsp3) is 0. The lowest BCUT2D eigenvalue weighted by Crippen LogP contribution is -2.01. The summed E-state index contributed by atoms with van der Waals surface area (Å²) in [6.07, 6.45) is 0. The third-order valence-corrected chi connectivity index (χ3v) is 5.03. The lowest BCUT2D eigenvalue weighted by Gasteiger charge is -1.99. The molecule has 4 nitrogen and oxygen atoms in total. The summed E-state index contributed by atoms with van der Waals surface area (Å²) < 4.78 is 15.7. The van der Waals surface area contributed by atoms with Crippen molar-refractivity contribution in [3.63, 3.8) is 0 Å². The smallest absolute Gasteiger partial charge is 0.212 e. The Morgan fingerprint density at radius 1 is 0.960 bits per heavy atom. The maximum Gasteiger partial charge on any atom is 0.212 e. The van der Waals surface area contributed by atoms with E-state index in [9.17, 15) is 4.39 Å². The number of nitrogen functional groups attached to an aromatic ring is 1. The number of nitrogens with two attached hydrogens (primary N) is 1. The first-order valence-electron chi connectivity index (χ1n) is 7.43. The number of aromatic nitrogens is 3. The molecule has 0 saturated carbocycles. The van der Waals surface area contributed by atoms with Crippen LogP contribution in [0.2, 0.25) is 0 Å². The lowest BCUT2D eigenvalue weighted by atomic mass is 10.2. The summed E-state index contributed by atoms with van der Waals surface area (Å²) in [4.78, 5) is 4.57. The average Bonchev–Trinajstić information content (AvgIpc) is 3.23. The van der Waals surface area contributed by atoms with Gasteiger partial charge in [0.2, 0.25) is 5.13 Å². The third kappa shape index (κ3) is 3.20. The Bertz CT molecular complexity index is 1020. The highest BCUT2D eigenvalue weighted by molar-refractivity contribution is 9.10. The molecule has 0 aliphatic heterocycles. The zero-order valence-electron chi connectivity index (χ0n) is 12.9. The molecule has 0 amide bonds. The minimum atomic E-state index is -0.269. The molecule has 0 unspecified atom stereocenters. The Balaban J connectivity index is 1.69. The molecule has 25 heavy (non-hydrogen) atoms. The van der Waals surface area contributed by atoms with Gasteiger partial charge in [0.15, 0.2) is 0 Å². The van der Waals surface area contributed by atoms with Crippen molar-refractivity contribution in [1.29, 1.82) is 0 Å². The van der Waals surface area contributed by atoms with Crippen LogP contribution >= 0.6 is 27.3 Å². The van der Waals surface area contributed by atoms with Crippen molar-refractivity contribution in [3.05, 3.63) is 70.3 Å². The van der Waals surface area contributed by atoms with Crippen molar-refractivity contribution >= 4 is 33.1 Å². The number of halogens is 2. The predicted octanol–water partition coefficient (Wildman–Crippen LogP) is 5.15. The van der Waals surface area contributed by atoms with Gasteiger partial charge in [0.25, 0.3) is 0 Å². The maximum absolute atomic E-state index is 13.1. The summed E-state index contributed by atoms with van der Waals surface area (Å²) in [5, 5.41) is 7.14. The normalized spacial score (nSPS) is 11.0. The fourth-order valence-electron chi connectivity index (χ4n) is 2.43. The molecule has 0 radical (unpaired) electrons. The van der Waals surface area contributed by atoms with Gasteiger partial charge in [0.1, 0.15) is 11.6 Å². The number of rotatable bonds is 3. The molecule has 2 heterocycles. The van der Waals surface area contributed by atoms with E-state index < -0.39 is 0 Å². The van der Waals surface area contributed by atoms with Crippen LogP contribution in [0, 0.1) is 5.82 Å². The molecule has 0 aliphatic rings. The molecule has 0 aliphatic carbocycles. The molecule has 7 heteroatoms. The summed E-state index contributed by atoms with van der Waals surface area (Å²) in [6.45, 7) is 0. The van der Waals surface area contributed by atoms with Crippen molar-refractivity contribution < 1.29 is 4.39 Å². The Morgan fingerprint density at radius 2 is 1.60 bits per heavy atom. The van der Waals surface area contributed by atoms with Crippen molar-refractivity contribution in [2.24, 2.45) is 0 Å². The number of benzene rings is 2. The number of anilines is 1. The molecule has 0 saturated heterocycles. The van der Waals surface area contributed by atoms with Gasteiger partial charge in [-0.2, -0.15) is 9.78 Å². The maximum atomic E-state index is 13.1. The van der Waals surface area contributed by atoms with Crippen LogP contribution in [0.5, 0.6) is 0 Å². The van der Waals surface area contributed by atoms with Crippen molar-refractivity contribution in [1.82, 2.24) is 14.8 Å². The first-order valence-corrected chi connectivity index (χ1v) is 9.11. The van der Waals surface area contributed by atoms with Crippen molar-refractivity contribution in [3.8, 4) is 27.6 Å². The molecule has 4 rings (SSSR count). The van der Waals surface area contributed by atoms with Gasteiger partial charge >= 0.3 is 0 Å². The van der Waals surface area contributed by atoms with E-state index >= 15 is 0 Å². The van der Waals surface area contributed by atoms with E-state index in [-0.39, 0.29) is 5.82 Å². The zero-order valence-corrected chi connectivity index (χ0v) is 15.3. The van der Waals surface area contributed by atoms with Gasteiger partial charge in [-0.25, -0.2) is 9.37 Å². The molecular weight excluding hydrogens is 403 g/mol. The van der Waals surface area contributed by atoms with Crippen LogP contribution in [-0.2, 0) is 0 Å². The van der Waals surface area contributed by atoms with E-state index in [2.05, 4.69) is 26.0 Å². The molecule has 2 aromatic heterocycles. The topological polar surface area (TPSA) is 56.7 Å². The molecule has 0 spiro atoms. The fourth-order valence-corrected chi connectivity index (χ4v) is 3.49.